The second-order valence-corrected chi connectivity index (χ2v) is 4.84. The van der Waals surface area contributed by atoms with Crippen LogP contribution >= 0.6 is 23.2 Å². The van der Waals surface area contributed by atoms with Crippen LogP contribution in [0.5, 0.6) is 5.75 Å². The molecule has 0 radical (unpaired) electrons. The molecule has 0 amide bonds. The van der Waals surface area contributed by atoms with Gasteiger partial charge in [0.1, 0.15) is 23.7 Å². The minimum atomic E-state index is -1.17. The fourth-order valence-electron chi connectivity index (χ4n) is 1.59. The standard InChI is InChI=1S/C14H9Cl2FO3/c15-9-3-4-13(11(5-9)14(18)19)20-7-8-1-2-10(16)6-12(8)17/h1-6H,7H2,(H,18,19). The first-order chi connectivity index (χ1) is 9.47. The van der Waals surface area contributed by atoms with Gasteiger partial charge in [0.15, 0.2) is 0 Å². The van der Waals surface area contributed by atoms with Gasteiger partial charge < -0.3 is 9.84 Å². The number of ether oxygens (including phenoxy) is 1. The van der Waals surface area contributed by atoms with Crippen LogP contribution in [0.3, 0.4) is 0 Å². The van der Waals surface area contributed by atoms with Crippen LogP contribution in [0.4, 0.5) is 4.39 Å². The Hall–Kier alpha value is -1.78. The number of halogens is 3. The lowest BCUT2D eigenvalue weighted by Gasteiger charge is -2.10. The average Bonchev–Trinajstić information content (AvgIpc) is 2.38. The van der Waals surface area contributed by atoms with Crippen molar-refractivity contribution in [1.29, 1.82) is 0 Å². The molecule has 6 heteroatoms. The lowest BCUT2D eigenvalue weighted by molar-refractivity contribution is 0.0691. The van der Waals surface area contributed by atoms with Gasteiger partial charge in [-0.2, -0.15) is 0 Å². The summed E-state index contributed by atoms with van der Waals surface area (Å²) in [4.78, 5) is 11.1. The van der Waals surface area contributed by atoms with Crippen LogP contribution in [0.2, 0.25) is 10.0 Å². The molecule has 0 aliphatic rings. The Morgan fingerprint density at radius 1 is 1.15 bits per heavy atom. The van der Waals surface area contributed by atoms with Crippen molar-refractivity contribution >= 4 is 29.2 Å². The molecule has 0 fully saturated rings. The fourth-order valence-corrected chi connectivity index (χ4v) is 1.92. The maximum Gasteiger partial charge on any atom is 0.339 e. The summed E-state index contributed by atoms with van der Waals surface area (Å²) in [5, 5.41) is 9.61. The van der Waals surface area contributed by atoms with E-state index < -0.39 is 11.8 Å². The predicted molar refractivity (Wildman–Crippen MR) is 74.2 cm³/mol. The summed E-state index contributed by atoms with van der Waals surface area (Å²) in [6, 6.07) is 8.39. The number of hydrogen-bond donors (Lipinski definition) is 1. The molecule has 0 unspecified atom stereocenters. The third kappa shape index (κ3) is 3.40. The van der Waals surface area contributed by atoms with Crippen LogP contribution in [-0.4, -0.2) is 11.1 Å². The highest BCUT2D eigenvalue weighted by Crippen LogP contribution is 2.24. The molecule has 0 aliphatic carbocycles. The number of rotatable bonds is 4. The summed E-state index contributed by atoms with van der Waals surface area (Å²) in [5.41, 5.74) is 0.201. The molecule has 2 aromatic carbocycles. The van der Waals surface area contributed by atoms with E-state index in [1.807, 2.05) is 0 Å². The predicted octanol–water partition coefficient (Wildman–Crippen LogP) is 4.41. The van der Waals surface area contributed by atoms with Crippen LogP contribution in [-0.2, 0) is 6.61 Å². The van der Waals surface area contributed by atoms with Crippen molar-refractivity contribution in [3.8, 4) is 5.75 Å². The molecule has 0 atom stereocenters. The Bertz CT molecular complexity index is 659. The Morgan fingerprint density at radius 2 is 1.80 bits per heavy atom. The Kier molecular flexibility index (Phi) is 4.47. The molecule has 2 rings (SSSR count). The van der Waals surface area contributed by atoms with E-state index in [0.29, 0.717) is 0 Å². The molecule has 20 heavy (non-hydrogen) atoms. The van der Waals surface area contributed by atoms with E-state index in [1.165, 1.54) is 36.4 Å². The van der Waals surface area contributed by atoms with Crippen LogP contribution in [0.25, 0.3) is 0 Å². The third-order valence-corrected chi connectivity index (χ3v) is 3.04. The quantitative estimate of drug-likeness (QED) is 0.909. The summed E-state index contributed by atoms with van der Waals surface area (Å²) in [5.74, 6) is -1.56. The van der Waals surface area contributed by atoms with E-state index in [9.17, 15) is 9.18 Å². The topological polar surface area (TPSA) is 46.5 Å². The highest BCUT2D eigenvalue weighted by molar-refractivity contribution is 6.31. The number of hydrogen-bond acceptors (Lipinski definition) is 2. The summed E-state index contributed by atoms with van der Waals surface area (Å²) in [6.45, 7) is -0.106. The second-order valence-electron chi connectivity index (χ2n) is 3.97. The van der Waals surface area contributed by atoms with Gasteiger partial charge in [-0.3, -0.25) is 0 Å². The molecule has 0 aliphatic heterocycles. The molecule has 104 valence electrons. The van der Waals surface area contributed by atoms with Crippen molar-refractivity contribution in [1.82, 2.24) is 0 Å². The van der Waals surface area contributed by atoms with E-state index >= 15 is 0 Å². The Balaban J connectivity index is 2.20. The number of benzene rings is 2. The van der Waals surface area contributed by atoms with E-state index in [4.69, 9.17) is 33.0 Å². The SMILES string of the molecule is O=C(O)c1cc(Cl)ccc1OCc1ccc(Cl)cc1F. The molecular weight excluding hydrogens is 306 g/mol. The van der Waals surface area contributed by atoms with Gasteiger partial charge in [0.05, 0.1) is 0 Å². The first-order valence-corrected chi connectivity index (χ1v) is 6.32. The molecule has 3 nitrogen and oxygen atoms in total. The molecular formula is C14H9Cl2FO3. The van der Waals surface area contributed by atoms with Gasteiger partial charge in [-0.05, 0) is 30.3 Å². The van der Waals surface area contributed by atoms with Crippen LogP contribution in [0.1, 0.15) is 15.9 Å². The highest BCUT2D eigenvalue weighted by Gasteiger charge is 2.13. The van der Waals surface area contributed by atoms with E-state index in [1.54, 1.807) is 0 Å². The minimum absolute atomic E-state index is 0.0770. The largest absolute Gasteiger partial charge is 0.488 e. The van der Waals surface area contributed by atoms with Gasteiger partial charge in [0.25, 0.3) is 0 Å². The van der Waals surface area contributed by atoms with Crippen LogP contribution in [0.15, 0.2) is 36.4 Å². The summed E-state index contributed by atoms with van der Waals surface area (Å²) < 4.78 is 18.9. The van der Waals surface area contributed by atoms with Crippen molar-refractivity contribution < 1.29 is 19.0 Å². The first-order valence-electron chi connectivity index (χ1n) is 5.57. The van der Waals surface area contributed by atoms with Gasteiger partial charge in [0.2, 0.25) is 0 Å². The second kappa shape index (κ2) is 6.11. The lowest BCUT2D eigenvalue weighted by Crippen LogP contribution is -2.04. The first kappa shape index (κ1) is 14.6. The van der Waals surface area contributed by atoms with Crippen molar-refractivity contribution in [3.05, 3.63) is 63.4 Å². The number of carbonyl (C=O) groups is 1. The number of aromatic carboxylic acids is 1. The summed E-state index contributed by atoms with van der Waals surface area (Å²) >= 11 is 11.4. The maximum absolute atomic E-state index is 13.6. The zero-order valence-corrected chi connectivity index (χ0v) is 11.6. The monoisotopic (exact) mass is 314 g/mol. The van der Waals surface area contributed by atoms with Gasteiger partial charge in [0, 0.05) is 15.6 Å². The molecule has 0 saturated heterocycles. The highest BCUT2D eigenvalue weighted by atomic mass is 35.5. The smallest absolute Gasteiger partial charge is 0.339 e. The van der Waals surface area contributed by atoms with Gasteiger partial charge in [-0.1, -0.05) is 29.3 Å². The Labute approximate surface area is 124 Å². The van der Waals surface area contributed by atoms with Crippen LogP contribution < -0.4 is 4.74 Å². The van der Waals surface area contributed by atoms with Crippen molar-refractivity contribution in [2.45, 2.75) is 6.61 Å². The van der Waals surface area contributed by atoms with Gasteiger partial charge in [-0.15, -0.1) is 0 Å². The third-order valence-electron chi connectivity index (χ3n) is 2.57. The molecule has 1 N–H and O–H groups in total. The van der Waals surface area contributed by atoms with E-state index in [0.717, 1.165) is 0 Å². The molecule has 2 aromatic rings. The Morgan fingerprint density at radius 3 is 2.45 bits per heavy atom. The fraction of sp³-hybridized carbons (Fsp3) is 0.0714. The van der Waals surface area contributed by atoms with Crippen molar-refractivity contribution in [3.63, 3.8) is 0 Å². The minimum Gasteiger partial charge on any atom is -0.488 e. The zero-order valence-electron chi connectivity index (χ0n) is 10.1. The van der Waals surface area contributed by atoms with Gasteiger partial charge >= 0.3 is 5.97 Å². The average molecular weight is 315 g/mol. The molecule has 0 aromatic heterocycles. The molecule has 0 spiro atoms. The number of carboxylic acids is 1. The maximum atomic E-state index is 13.6. The lowest BCUT2D eigenvalue weighted by atomic mass is 10.2. The molecule has 0 heterocycles. The molecule has 0 saturated carbocycles. The van der Waals surface area contributed by atoms with Gasteiger partial charge in [-0.25, -0.2) is 9.18 Å². The zero-order chi connectivity index (χ0) is 14.7. The van der Waals surface area contributed by atoms with Crippen LogP contribution in [0, 0.1) is 5.82 Å². The summed E-state index contributed by atoms with van der Waals surface area (Å²) in [7, 11) is 0. The van der Waals surface area contributed by atoms with Crippen molar-refractivity contribution in [2.75, 3.05) is 0 Å². The summed E-state index contributed by atoms with van der Waals surface area (Å²) in [6.07, 6.45) is 0. The van der Waals surface area contributed by atoms with E-state index in [2.05, 4.69) is 0 Å². The number of carboxylic acid groups (broad SMARTS) is 1. The normalized spacial score (nSPS) is 10.3. The van der Waals surface area contributed by atoms with Crippen molar-refractivity contribution in [2.24, 2.45) is 0 Å². The molecule has 0 bridgehead atoms. The van der Waals surface area contributed by atoms with E-state index in [-0.39, 0.29) is 33.5 Å².